The third kappa shape index (κ3) is 4.98. The zero-order valence-corrected chi connectivity index (χ0v) is 15.3. The molecule has 1 saturated heterocycles. The van der Waals surface area contributed by atoms with Gasteiger partial charge in [-0.05, 0) is 43.9 Å². The highest BCUT2D eigenvalue weighted by atomic mass is 16.5. The van der Waals surface area contributed by atoms with E-state index in [4.69, 9.17) is 4.74 Å². The maximum absolute atomic E-state index is 12.7. The van der Waals surface area contributed by atoms with Crippen molar-refractivity contribution in [3.05, 3.63) is 47.7 Å². The Balaban J connectivity index is 1.60. The van der Waals surface area contributed by atoms with Gasteiger partial charge in [0.15, 0.2) is 0 Å². The molecule has 7 nitrogen and oxygen atoms in total. The lowest BCUT2D eigenvalue weighted by atomic mass is 10.2. The van der Waals surface area contributed by atoms with E-state index in [-0.39, 0.29) is 12.0 Å². The molecule has 1 fully saturated rings. The van der Waals surface area contributed by atoms with Crippen molar-refractivity contribution in [1.82, 2.24) is 19.9 Å². The lowest BCUT2D eigenvalue weighted by Gasteiger charge is -2.18. The maximum Gasteiger partial charge on any atom is 0.272 e. The topological polar surface area (TPSA) is 80.2 Å². The molecular formula is C19H25N5O2. The molecule has 1 aliphatic heterocycles. The maximum atomic E-state index is 12.7. The van der Waals surface area contributed by atoms with Crippen LogP contribution in [0.4, 0.5) is 5.82 Å². The van der Waals surface area contributed by atoms with Crippen LogP contribution in [-0.2, 0) is 11.2 Å². The molecule has 138 valence electrons. The molecule has 3 rings (SSSR count). The minimum Gasteiger partial charge on any atom is -0.376 e. The molecule has 1 amide bonds. The Morgan fingerprint density at radius 2 is 2.15 bits per heavy atom. The Labute approximate surface area is 153 Å². The molecule has 1 aliphatic rings. The van der Waals surface area contributed by atoms with E-state index in [2.05, 4.69) is 20.3 Å². The van der Waals surface area contributed by atoms with Crippen molar-refractivity contribution in [2.75, 3.05) is 32.1 Å². The number of carbonyl (C=O) groups is 1. The van der Waals surface area contributed by atoms with Gasteiger partial charge in [-0.1, -0.05) is 0 Å². The van der Waals surface area contributed by atoms with E-state index in [9.17, 15) is 4.79 Å². The molecule has 0 radical (unpaired) electrons. The molecule has 3 heterocycles. The first kappa shape index (κ1) is 18.3. The number of aromatic nitrogens is 3. The van der Waals surface area contributed by atoms with Crippen molar-refractivity contribution in [3.8, 4) is 0 Å². The summed E-state index contributed by atoms with van der Waals surface area (Å²) in [5, 5.41) is 3.27. The highest BCUT2D eigenvalue weighted by Gasteiger charge is 2.18. The number of hydrogen-bond donors (Lipinski definition) is 1. The molecule has 1 unspecified atom stereocenters. The highest BCUT2D eigenvalue weighted by molar-refractivity contribution is 5.92. The number of nitrogens with zero attached hydrogens (tertiary/aromatic N) is 4. The summed E-state index contributed by atoms with van der Waals surface area (Å²) in [5.41, 5.74) is 1.56. The van der Waals surface area contributed by atoms with Gasteiger partial charge in [0, 0.05) is 45.2 Å². The molecule has 7 heteroatoms. The van der Waals surface area contributed by atoms with Crippen LogP contribution >= 0.6 is 0 Å². The van der Waals surface area contributed by atoms with Gasteiger partial charge < -0.3 is 15.0 Å². The van der Waals surface area contributed by atoms with Crippen molar-refractivity contribution in [2.24, 2.45) is 0 Å². The zero-order chi connectivity index (χ0) is 18.4. The standard InChI is InChI=1S/C19H25N5O2/c1-14-22-17(12-18(23-14)21-13-16-4-3-11-26-16)19(25)24(2)10-7-15-5-8-20-9-6-15/h5-6,8-9,12,16H,3-4,7,10-11,13H2,1-2H3,(H,21,22,23). The smallest absolute Gasteiger partial charge is 0.272 e. The van der Waals surface area contributed by atoms with Crippen molar-refractivity contribution in [2.45, 2.75) is 32.3 Å². The Hall–Kier alpha value is -2.54. The summed E-state index contributed by atoms with van der Waals surface area (Å²) < 4.78 is 5.61. The first-order chi connectivity index (χ1) is 12.6. The molecule has 0 aromatic carbocycles. The monoisotopic (exact) mass is 355 g/mol. The molecule has 0 bridgehead atoms. The number of rotatable bonds is 7. The van der Waals surface area contributed by atoms with Crippen LogP contribution < -0.4 is 5.32 Å². The van der Waals surface area contributed by atoms with Crippen molar-refractivity contribution in [3.63, 3.8) is 0 Å². The number of ether oxygens (including phenoxy) is 1. The van der Waals surface area contributed by atoms with Gasteiger partial charge in [-0.15, -0.1) is 0 Å². The number of hydrogen-bond acceptors (Lipinski definition) is 6. The van der Waals surface area contributed by atoms with Crippen LogP contribution in [0.3, 0.4) is 0 Å². The number of pyridine rings is 1. The molecule has 0 aliphatic carbocycles. The van der Waals surface area contributed by atoms with Crippen molar-refractivity contribution in [1.29, 1.82) is 0 Å². The lowest BCUT2D eigenvalue weighted by Crippen LogP contribution is -2.30. The van der Waals surface area contributed by atoms with Crippen LogP contribution in [0.2, 0.25) is 0 Å². The van der Waals surface area contributed by atoms with E-state index in [1.165, 1.54) is 0 Å². The van der Waals surface area contributed by atoms with Gasteiger partial charge in [0.2, 0.25) is 0 Å². The predicted molar refractivity (Wildman–Crippen MR) is 99.1 cm³/mol. The van der Waals surface area contributed by atoms with Gasteiger partial charge in [-0.3, -0.25) is 9.78 Å². The summed E-state index contributed by atoms with van der Waals surface area (Å²) in [6, 6.07) is 5.63. The van der Waals surface area contributed by atoms with Crippen LogP contribution in [0.1, 0.15) is 34.7 Å². The summed E-state index contributed by atoms with van der Waals surface area (Å²) in [5.74, 6) is 1.14. The van der Waals surface area contributed by atoms with E-state index >= 15 is 0 Å². The second-order valence-electron chi connectivity index (χ2n) is 6.53. The average Bonchev–Trinajstić information content (AvgIpc) is 3.18. The molecule has 1 N–H and O–H groups in total. The molecule has 2 aromatic heterocycles. The highest BCUT2D eigenvalue weighted by Crippen LogP contribution is 2.14. The van der Waals surface area contributed by atoms with Gasteiger partial charge in [-0.2, -0.15) is 0 Å². The number of nitrogens with one attached hydrogen (secondary N) is 1. The SMILES string of the molecule is Cc1nc(NCC2CCCO2)cc(C(=O)N(C)CCc2ccncc2)n1. The molecule has 26 heavy (non-hydrogen) atoms. The molecule has 0 spiro atoms. The van der Waals surface area contributed by atoms with E-state index in [0.717, 1.165) is 31.4 Å². The molecule has 0 saturated carbocycles. The van der Waals surface area contributed by atoms with Crippen LogP contribution in [0.25, 0.3) is 0 Å². The van der Waals surface area contributed by atoms with Crippen molar-refractivity contribution < 1.29 is 9.53 Å². The number of anilines is 1. The predicted octanol–water partition coefficient (Wildman–Crippen LogP) is 2.09. The third-order valence-corrected chi connectivity index (χ3v) is 4.42. The molecule has 2 aromatic rings. The van der Waals surface area contributed by atoms with Crippen LogP contribution in [0, 0.1) is 6.92 Å². The van der Waals surface area contributed by atoms with E-state index < -0.39 is 0 Å². The number of aryl methyl sites for hydroxylation is 1. The Kier molecular flexibility index (Phi) is 6.12. The van der Waals surface area contributed by atoms with Crippen LogP contribution in [-0.4, -0.2) is 58.6 Å². The van der Waals surface area contributed by atoms with Gasteiger partial charge in [0.25, 0.3) is 5.91 Å². The van der Waals surface area contributed by atoms with Gasteiger partial charge in [0.1, 0.15) is 17.3 Å². The Morgan fingerprint density at radius 1 is 1.35 bits per heavy atom. The normalized spacial score (nSPS) is 16.5. The fraction of sp³-hybridized carbons (Fsp3) is 0.474. The van der Waals surface area contributed by atoms with Crippen LogP contribution in [0.5, 0.6) is 0 Å². The van der Waals surface area contributed by atoms with Crippen LogP contribution in [0.15, 0.2) is 30.6 Å². The quantitative estimate of drug-likeness (QED) is 0.819. The summed E-state index contributed by atoms with van der Waals surface area (Å²) in [4.78, 5) is 27.1. The fourth-order valence-electron chi connectivity index (χ4n) is 2.93. The summed E-state index contributed by atoms with van der Waals surface area (Å²) >= 11 is 0. The second kappa shape index (κ2) is 8.71. The summed E-state index contributed by atoms with van der Waals surface area (Å²) in [6.07, 6.45) is 6.67. The number of carbonyl (C=O) groups excluding carboxylic acids is 1. The number of likely N-dealkylation sites (N-methyl/N-ethyl adjacent to an activating group) is 1. The lowest BCUT2D eigenvalue weighted by molar-refractivity contribution is 0.0790. The second-order valence-corrected chi connectivity index (χ2v) is 6.53. The van der Waals surface area contributed by atoms with E-state index in [0.29, 0.717) is 30.4 Å². The van der Waals surface area contributed by atoms with E-state index in [1.807, 2.05) is 12.1 Å². The third-order valence-electron chi connectivity index (χ3n) is 4.42. The van der Waals surface area contributed by atoms with Gasteiger partial charge >= 0.3 is 0 Å². The fourth-order valence-corrected chi connectivity index (χ4v) is 2.93. The zero-order valence-electron chi connectivity index (χ0n) is 15.3. The van der Waals surface area contributed by atoms with Crippen molar-refractivity contribution >= 4 is 11.7 Å². The summed E-state index contributed by atoms with van der Waals surface area (Å²) in [6.45, 7) is 3.93. The first-order valence-electron chi connectivity index (χ1n) is 8.97. The Morgan fingerprint density at radius 3 is 2.88 bits per heavy atom. The average molecular weight is 355 g/mol. The largest absolute Gasteiger partial charge is 0.376 e. The minimum atomic E-state index is -0.107. The first-order valence-corrected chi connectivity index (χ1v) is 8.97. The van der Waals surface area contributed by atoms with Gasteiger partial charge in [-0.25, -0.2) is 9.97 Å². The van der Waals surface area contributed by atoms with E-state index in [1.54, 1.807) is 37.3 Å². The molecule has 1 atom stereocenters. The van der Waals surface area contributed by atoms with Gasteiger partial charge in [0.05, 0.1) is 6.10 Å². The minimum absolute atomic E-state index is 0.107. The Bertz CT molecular complexity index is 732. The summed E-state index contributed by atoms with van der Waals surface area (Å²) in [7, 11) is 1.79. The number of amides is 1. The molecular weight excluding hydrogens is 330 g/mol.